The Bertz CT molecular complexity index is 381. The SMILES string of the molecule is C=CC(=C)/C(C)=C\c1ccccc1C. The fourth-order valence-corrected chi connectivity index (χ4v) is 1.24. The molecule has 0 spiro atoms. The van der Waals surface area contributed by atoms with E-state index in [0.717, 1.165) is 11.1 Å². The number of rotatable bonds is 3. The highest BCUT2D eigenvalue weighted by Gasteiger charge is 1.95. The van der Waals surface area contributed by atoms with E-state index in [1.807, 2.05) is 12.1 Å². The van der Waals surface area contributed by atoms with Crippen LogP contribution in [0.15, 0.2) is 54.6 Å². The Morgan fingerprint density at radius 1 is 1.29 bits per heavy atom. The van der Waals surface area contributed by atoms with Crippen molar-refractivity contribution in [1.82, 2.24) is 0 Å². The van der Waals surface area contributed by atoms with E-state index in [-0.39, 0.29) is 0 Å². The molecule has 0 bridgehead atoms. The molecule has 0 aliphatic heterocycles. The molecular weight excluding hydrogens is 168 g/mol. The molecule has 0 radical (unpaired) electrons. The molecule has 0 heterocycles. The Kier molecular flexibility index (Phi) is 3.47. The number of hydrogen-bond donors (Lipinski definition) is 0. The molecule has 0 unspecified atom stereocenters. The Morgan fingerprint density at radius 2 is 1.93 bits per heavy atom. The summed E-state index contributed by atoms with van der Waals surface area (Å²) in [5.74, 6) is 0. The molecule has 0 nitrogen and oxygen atoms in total. The van der Waals surface area contributed by atoms with Crippen LogP contribution in [-0.2, 0) is 0 Å². The van der Waals surface area contributed by atoms with E-state index in [4.69, 9.17) is 0 Å². The first-order valence-corrected chi connectivity index (χ1v) is 4.71. The van der Waals surface area contributed by atoms with Gasteiger partial charge in [-0.1, -0.05) is 49.6 Å². The molecule has 1 rings (SSSR count). The number of aryl methyl sites for hydroxylation is 1. The Labute approximate surface area is 86.3 Å². The molecular formula is C14H16. The molecule has 1 aromatic rings. The monoisotopic (exact) mass is 184 g/mol. The molecule has 0 saturated heterocycles. The summed E-state index contributed by atoms with van der Waals surface area (Å²) in [6, 6.07) is 8.30. The first kappa shape index (κ1) is 10.5. The van der Waals surface area contributed by atoms with E-state index in [9.17, 15) is 0 Å². The smallest absolute Gasteiger partial charge is 0.0225 e. The molecule has 0 aliphatic rings. The molecule has 0 amide bonds. The van der Waals surface area contributed by atoms with Crippen LogP contribution in [0.5, 0.6) is 0 Å². The van der Waals surface area contributed by atoms with Crippen LogP contribution in [0.25, 0.3) is 6.08 Å². The van der Waals surface area contributed by atoms with Crippen molar-refractivity contribution in [2.24, 2.45) is 0 Å². The summed E-state index contributed by atoms with van der Waals surface area (Å²) in [5, 5.41) is 0. The van der Waals surface area contributed by atoms with Gasteiger partial charge in [-0.25, -0.2) is 0 Å². The van der Waals surface area contributed by atoms with Crippen LogP contribution in [0.3, 0.4) is 0 Å². The standard InChI is InChI=1S/C14H16/c1-5-11(2)13(4)10-14-9-7-6-8-12(14)3/h5-10H,1-2H2,3-4H3/b13-10-. The van der Waals surface area contributed by atoms with E-state index >= 15 is 0 Å². The second kappa shape index (κ2) is 4.61. The lowest BCUT2D eigenvalue weighted by Crippen LogP contribution is -1.82. The third-order valence-electron chi connectivity index (χ3n) is 2.31. The van der Waals surface area contributed by atoms with Gasteiger partial charge in [0.15, 0.2) is 0 Å². The van der Waals surface area contributed by atoms with Crippen LogP contribution in [0.4, 0.5) is 0 Å². The highest BCUT2D eigenvalue weighted by molar-refractivity contribution is 5.61. The minimum atomic E-state index is 0.980. The lowest BCUT2D eigenvalue weighted by molar-refractivity contribution is 1.41. The van der Waals surface area contributed by atoms with Gasteiger partial charge in [0.25, 0.3) is 0 Å². The van der Waals surface area contributed by atoms with Crippen LogP contribution < -0.4 is 0 Å². The fraction of sp³-hybridized carbons (Fsp3) is 0.143. The van der Waals surface area contributed by atoms with Crippen LogP contribution in [-0.4, -0.2) is 0 Å². The molecule has 0 atom stereocenters. The van der Waals surface area contributed by atoms with Crippen molar-refractivity contribution in [3.8, 4) is 0 Å². The van der Waals surface area contributed by atoms with E-state index in [0.29, 0.717) is 0 Å². The molecule has 0 heteroatoms. The van der Waals surface area contributed by atoms with Crippen molar-refractivity contribution in [1.29, 1.82) is 0 Å². The highest BCUT2D eigenvalue weighted by atomic mass is 14.0. The van der Waals surface area contributed by atoms with E-state index in [1.54, 1.807) is 6.08 Å². The normalized spacial score (nSPS) is 11.1. The van der Waals surface area contributed by atoms with E-state index < -0.39 is 0 Å². The van der Waals surface area contributed by atoms with E-state index in [2.05, 4.69) is 45.2 Å². The van der Waals surface area contributed by atoms with Crippen LogP contribution in [0.2, 0.25) is 0 Å². The van der Waals surface area contributed by atoms with Gasteiger partial charge in [0.2, 0.25) is 0 Å². The summed E-state index contributed by atoms with van der Waals surface area (Å²) >= 11 is 0. The quantitative estimate of drug-likeness (QED) is 0.619. The summed E-state index contributed by atoms with van der Waals surface area (Å²) in [4.78, 5) is 0. The maximum absolute atomic E-state index is 3.91. The summed E-state index contributed by atoms with van der Waals surface area (Å²) in [6.07, 6.45) is 3.92. The molecule has 1 aromatic carbocycles. The molecule has 0 aromatic heterocycles. The average Bonchev–Trinajstić information content (AvgIpc) is 2.20. The predicted molar refractivity (Wildman–Crippen MR) is 64.2 cm³/mol. The van der Waals surface area contributed by atoms with Crippen molar-refractivity contribution >= 4 is 6.08 Å². The Balaban J connectivity index is 3.03. The molecule has 14 heavy (non-hydrogen) atoms. The van der Waals surface area contributed by atoms with Crippen molar-refractivity contribution in [2.45, 2.75) is 13.8 Å². The van der Waals surface area contributed by atoms with Gasteiger partial charge in [0.1, 0.15) is 0 Å². The van der Waals surface area contributed by atoms with E-state index in [1.165, 1.54) is 11.1 Å². The predicted octanol–water partition coefficient (Wildman–Crippen LogP) is 4.14. The average molecular weight is 184 g/mol. The van der Waals surface area contributed by atoms with Crippen molar-refractivity contribution in [2.75, 3.05) is 0 Å². The van der Waals surface area contributed by atoms with Crippen LogP contribution in [0.1, 0.15) is 18.1 Å². The minimum absolute atomic E-state index is 0.980. The van der Waals surface area contributed by atoms with Crippen molar-refractivity contribution < 1.29 is 0 Å². The molecule has 0 aliphatic carbocycles. The van der Waals surface area contributed by atoms with Gasteiger partial charge in [-0.3, -0.25) is 0 Å². The third-order valence-corrected chi connectivity index (χ3v) is 2.31. The lowest BCUT2D eigenvalue weighted by Gasteiger charge is -2.03. The van der Waals surface area contributed by atoms with Gasteiger partial charge in [0, 0.05) is 0 Å². The van der Waals surface area contributed by atoms with Crippen molar-refractivity contribution in [3.63, 3.8) is 0 Å². The largest absolute Gasteiger partial charge is 0.0985 e. The zero-order chi connectivity index (χ0) is 10.6. The zero-order valence-electron chi connectivity index (χ0n) is 8.88. The van der Waals surface area contributed by atoms with Crippen LogP contribution >= 0.6 is 0 Å². The van der Waals surface area contributed by atoms with Gasteiger partial charge in [-0.15, -0.1) is 0 Å². The first-order valence-electron chi connectivity index (χ1n) is 4.71. The summed E-state index contributed by atoms with van der Waals surface area (Å²) < 4.78 is 0. The van der Waals surface area contributed by atoms with Crippen LogP contribution in [0, 0.1) is 6.92 Å². The number of allylic oxidation sites excluding steroid dienone is 3. The second-order valence-electron chi connectivity index (χ2n) is 3.41. The second-order valence-corrected chi connectivity index (χ2v) is 3.41. The summed E-state index contributed by atoms with van der Waals surface area (Å²) in [7, 11) is 0. The molecule has 0 N–H and O–H groups in total. The number of hydrogen-bond acceptors (Lipinski definition) is 0. The molecule has 72 valence electrons. The van der Waals surface area contributed by atoms with Gasteiger partial charge >= 0.3 is 0 Å². The summed E-state index contributed by atoms with van der Waals surface area (Å²) in [5.41, 5.74) is 4.67. The fourth-order valence-electron chi connectivity index (χ4n) is 1.24. The van der Waals surface area contributed by atoms with Gasteiger partial charge in [0.05, 0.1) is 0 Å². The molecule has 0 fully saturated rings. The first-order chi connectivity index (χ1) is 6.65. The highest BCUT2D eigenvalue weighted by Crippen LogP contribution is 2.16. The summed E-state index contributed by atoms with van der Waals surface area (Å²) in [6.45, 7) is 11.8. The Morgan fingerprint density at radius 3 is 2.50 bits per heavy atom. The minimum Gasteiger partial charge on any atom is -0.0985 e. The number of benzene rings is 1. The Hall–Kier alpha value is -1.56. The van der Waals surface area contributed by atoms with Gasteiger partial charge in [-0.2, -0.15) is 0 Å². The maximum atomic E-state index is 3.91. The van der Waals surface area contributed by atoms with Crippen molar-refractivity contribution in [3.05, 3.63) is 65.8 Å². The topological polar surface area (TPSA) is 0 Å². The maximum Gasteiger partial charge on any atom is -0.0225 e. The van der Waals surface area contributed by atoms with Gasteiger partial charge < -0.3 is 0 Å². The van der Waals surface area contributed by atoms with Gasteiger partial charge in [-0.05, 0) is 36.1 Å². The third kappa shape index (κ3) is 2.46. The lowest BCUT2D eigenvalue weighted by atomic mass is 10.0. The molecule has 0 saturated carbocycles. The zero-order valence-corrected chi connectivity index (χ0v) is 8.88.